The van der Waals surface area contributed by atoms with Crippen molar-refractivity contribution in [2.75, 3.05) is 7.05 Å². The number of esters is 1. The van der Waals surface area contributed by atoms with Crippen molar-refractivity contribution in [3.63, 3.8) is 0 Å². The monoisotopic (exact) mass is 474 g/mol. The molecule has 1 aliphatic rings. The van der Waals surface area contributed by atoms with Gasteiger partial charge in [0.25, 0.3) is 0 Å². The molecule has 1 fully saturated rings. The molecule has 0 bridgehead atoms. The average Bonchev–Trinajstić information content (AvgIpc) is 3.41. The lowest BCUT2D eigenvalue weighted by Gasteiger charge is -2.27. The van der Waals surface area contributed by atoms with E-state index in [0.29, 0.717) is 17.9 Å². The van der Waals surface area contributed by atoms with Crippen LogP contribution >= 0.6 is 0 Å². The molecule has 0 radical (unpaired) electrons. The average molecular weight is 475 g/mol. The van der Waals surface area contributed by atoms with E-state index in [1.54, 1.807) is 13.1 Å². The van der Waals surface area contributed by atoms with Gasteiger partial charge in [-0.1, -0.05) is 74.2 Å². The number of hydrogen-bond acceptors (Lipinski definition) is 5. The first-order chi connectivity index (χ1) is 17.0. The molecular formula is C29H34N2O4. The van der Waals surface area contributed by atoms with E-state index in [2.05, 4.69) is 10.3 Å². The standard InChI is InChI=1S/C29H34N2O4/c1-30-28(33)23(15-20-11-5-6-12-20)18-26(32)27(16-21-9-3-2-4-10-21)35-29(34)24-17-22-13-7-8-14-25(22)31-19-24/h2-4,7-10,13-14,17,19-20,23,26-27,32H,5-6,11-12,15-16,18H2,1H3,(H,30,33)/t23-,26+,27+/m1/s1. The Hall–Kier alpha value is -3.25. The number of fused-ring (bicyclic) bond motifs is 1. The molecule has 3 aromatic rings. The maximum atomic E-state index is 13.1. The third kappa shape index (κ3) is 6.67. The van der Waals surface area contributed by atoms with Gasteiger partial charge in [0.05, 0.1) is 17.2 Å². The first kappa shape index (κ1) is 24.9. The lowest BCUT2D eigenvalue weighted by molar-refractivity contribution is -0.127. The minimum atomic E-state index is -0.976. The zero-order valence-electron chi connectivity index (χ0n) is 20.2. The number of benzene rings is 2. The maximum absolute atomic E-state index is 13.1. The molecule has 6 heteroatoms. The fourth-order valence-electron chi connectivity index (χ4n) is 5.10. The maximum Gasteiger partial charge on any atom is 0.340 e. The SMILES string of the molecule is CNC(=O)[C@H](CC1CCCC1)C[C@H](O)[C@H](Cc1ccccc1)OC(=O)c1cnc2ccccc2c1. The number of aromatic nitrogens is 1. The van der Waals surface area contributed by atoms with Gasteiger partial charge in [-0.3, -0.25) is 9.78 Å². The summed E-state index contributed by atoms with van der Waals surface area (Å²) >= 11 is 0. The largest absolute Gasteiger partial charge is 0.456 e. The van der Waals surface area contributed by atoms with Crippen LogP contribution in [-0.4, -0.2) is 41.2 Å². The van der Waals surface area contributed by atoms with Crippen LogP contribution in [0.15, 0.2) is 66.9 Å². The van der Waals surface area contributed by atoms with Crippen molar-refractivity contribution in [1.29, 1.82) is 0 Å². The highest BCUT2D eigenvalue weighted by molar-refractivity contribution is 5.93. The van der Waals surface area contributed by atoms with Gasteiger partial charge in [-0.2, -0.15) is 0 Å². The van der Waals surface area contributed by atoms with Gasteiger partial charge in [-0.25, -0.2) is 4.79 Å². The Balaban J connectivity index is 1.52. The molecule has 0 unspecified atom stereocenters. The van der Waals surface area contributed by atoms with Crippen LogP contribution in [0, 0.1) is 11.8 Å². The normalized spacial score (nSPS) is 16.5. The predicted molar refractivity (Wildman–Crippen MR) is 136 cm³/mol. The Morgan fingerprint density at radius 3 is 2.54 bits per heavy atom. The van der Waals surface area contributed by atoms with E-state index in [-0.39, 0.29) is 18.2 Å². The molecule has 0 saturated heterocycles. The zero-order valence-corrected chi connectivity index (χ0v) is 20.2. The molecule has 35 heavy (non-hydrogen) atoms. The molecule has 1 aliphatic carbocycles. The van der Waals surface area contributed by atoms with Gasteiger partial charge in [0.1, 0.15) is 6.10 Å². The van der Waals surface area contributed by atoms with Crippen LogP contribution in [0.25, 0.3) is 10.9 Å². The summed E-state index contributed by atoms with van der Waals surface area (Å²) in [5, 5.41) is 14.9. The summed E-state index contributed by atoms with van der Waals surface area (Å²) in [5.74, 6) is -0.421. The number of nitrogens with zero attached hydrogens (tertiary/aromatic N) is 1. The molecule has 6 nitrogen and oxygen atoms in total. The summed E-state index contributed by atoms with van der Waals surface area (Å²) < 4.78 is 5.87. The van der Waals surface area contributed by atoms with Crippen LogP contribution in [-0.2, 0) is 16.0 Å². The van der Waals surface area contributed by atoms with Gasteiger partial charge in [-0.05, 0) is 36.5 Å². The van der Waals surface area contributed by atoms with Crippen LogP contribution < -0.4 is 5.32 Å². The molecule has 0 spiro atoms. The van der Waals surface area contributed by atoms with Crippen LogP contribution in [0.5, 0.6) is 0 Å². The Morgan fingerprint density at radius 2 is 1.80 bits per heavy atom. The molecule has 1 heterocycles. The van der Waals surface area contributed by atoms with E-state index in [1.165, 1.54) is 19.0 Å². The molecule has 184 valence electrons. The topological polar surface area (TPSA) is 88.5 Å². The number of carbonyl (C=O) groups excluding carboxylic acids is 2. The summed E-state index contributed by atoms with van der Waals surface area (Å²) in [6.45, 7) is 0. The van der Waals surface area contributed by atoms with Crippen molar-refractivity contribution in [3.8, 4) is 0 Å². The number of ether oxygens (including phenoxy) is 1. The Labute approximate surface area is 206 Å². The highest BCUT2D eigenvalue weighted by Crippen LogP contribution is 2.32. The van der Waals surface area contributed by atoms with Crippen molar-refractivity contribution in [2.45, 2.75) is 57.2 Å². The lowest BCUT2D eigenvalue weighted by atomic mass is 9.86. The number of nitrogens with one attached hydrogen (secondary N) is 1. The van der Waals surface area contributed by atoms with E-state index in [4.69, 9.17) is 4.74 Å². The summed E-state index contributed by atoms with van der Waals surface area (Å²) in [7, 11) is 1.63. The molecule has 4 rings (SSSR count). The summed E-state index contributed by atoms with van der Waals surface area (Å²) in [4.78, 5) is 30.1. The van der Waals surface area contributed by atoms with Crippen molar-refractivity contribution in [1.82, 2.24) is 10.3 Å². The second-order valence-corrected chi connectivity index (χ2v) is 9.55. The van der Waals surface area contributed by atoms with E-state index >= 15 is 0 Å². The third-order valence-corrected chi connectivity index (χ3v) is 7.03. The minimum Gasteiger partial charge on any atom is -0.456 e. The van der Waals surface area contributed by atoms with Crippen molar-refractivity contribution in [2.24, 2.45) is 11.8 Å². The minimum absolute atomic E-state index is 0.0699. The van der Waals surface area contributed by atoms with Gasteiger partial charge in [0.2, 0.25) is 5.91 Å². The Kier molecular flexibility index (Phi) is 8.48. The molecule has 0 aliphatic heterocycles. The van der Waals surface area contributed by atoms with E-state index in [9.17, 15) is 14.7 Å². The number of carbonyl (C=O) groups is 2. The Bertz CT molecular complexity index is 1130. The van der Waals surface area contributed by atoms with E-state index in [1.807, 2.05) is 54.6 Å². The number of rotatable bonds is 10. The number of amides is 1. The number of aliphatic hydroxyl groups is 1. The highest BCUT2D eigenvalue weighted by atomic mass is 16.6. The Morgan fingerprint density at radius 1 is 1.09 bits per heavy atom. The highest BCUT2D eigenvalue weighted by Gasteiger charge is 2.32. The van der Waals surface area contributed by atoms with Crippen LogP contribution in [0.4, 0.5) is 0 Å². The third-order valence-electron chi connectivity index (χ3n) is 7.03. The quantitative estimate of drug-likeness (QED) is 0.416. The number of hydrogen-bond donors (Lipinski definition) is 2. The van der Waals surface area contributed by atoms with Gasteiger partial charge in [0, 0.05) is 31.0 Å². The lowest BCUT2D eigenvalue weighted by Crippen LogP contribution is -2.38. The first-order valence-corrected chi connectivity index (χ1v) is 12.5. The van der Waals surface area contributed by atoms with Crippen molar-refractivity contribution < 1.29 is 19.4 Å². The number of para-hydroxylation sites is 1. The molecule has 3 atom stereocenters. The molecule has 1 saturated carbocycles. The summed E-state index contributed by atoms with van der Waals surface area (Å²) in [6.07, 6.45) is 5.74. The van der Waals surface area contributed by atoms with Crippen molar-refractivity contribution >= 4 is 22.8 Å². The van der Waals surface area contributed by atoms with Gasteiger partial charge >= 0.3 is 5.97 Å². The second-order valence-electron chi connectivity index (χ2n) is 9.55. The first-order valence-electron chi connectivity index (χ1n) is 12.5. The zero-order chi connectivity index (χ0) is 24.6. The van der Waals surface area contributed by atoms with Gasteiger partial charge in [0.15, 0.2) is 0 Å². The predicted octanol–water partition coefficient (Wildman–Crippen LogP) is 4.70. The molecule has 1 amide bonds. The fraction of sp³-hybridized carbons (Fsp3) is 0.414. The molecular weight excluding hydrogens is 440 g/mol. The fourth-order valence-corrected chi connectivity index (χ4v) is 5.10. The summed E-state index contributed by atoms with van der Waals surface area (Å²) in [6, 6.07) is 19.0. The summed E-state index contributed by atoms with van der Waals surface area (Å²) in [5.41, 5.74) is 2.08. The number of pyridine rings is 1. The van der Waals surface area contributed by atoms with E-state index in [0.717, 1.165) is 35.7 Å². The van der Waals surface area contributed by atoms with Gasteiger partial charge < -0.3 is 15.2 Å². The van der Waals surface area contributed by atoms with Gasteiger partial charge in [-0.15, -0.1) is 0 Å². The number of aliphatic hydroxyl groups excluding tert-OH is 1. The van der Waals surface area contributed by atoms with Crippen LogP contribution in [0.1, 0.15) is 54.4 Å². The van der Waals surface area contributed by atoms with Crippen molar-refractivity contribution in [3.05, 3.63) is 78.0 Å². The van der Waals surface area contributed by atoms with Crippen LogP contribution in [0.2, 0.25) is 0 Å². The second kappa shape index (κ2) is 11.9. The van der Waals surface area contributed by atoms with Crippen LogP contribution in [0.3, 0.4) is 0 Å². The smallest absolute Gasteiger partial charge is 0.340 e. The molecule has 2 N–H and O–H groups in total. The molecule has 1 aromatic heterocycles. The van der Waals surface area contributed by atoms with E-state index < -0.39 is 18.2 Å². The molecule has 2 aromatic carbocycles.